The molecule has 1 rings (SSSR count). The molecule has 0 unspecified atom stereocenters. The van der Waals surface area contributed by atoms with Crippen molar-refractivity contribution in [2.45, 2.75) is 13.0 Å². The molecule has 0 aliphatic carbocycles. The smallest absolute Gasteiger partial charge is 0.332 e. The molecule has 0 saturated heterocycles. The molecule has 0 heterocycles. The first-order valence-corrected chi connectivity index (χ1v) is 7.36. The van der Waals surface area contributed by atoms with E-state index in [1.54, 1.807) is 0 Å². The van der Waals surface area contributed by atoms with Gasteiger partial charge in [-0.1, -0.05) is 12.1 Å². The van der Waals surface area contributed by atoms with E-state index in [4.69, 9.17) is 9.05 Å². The molecular weight excluding hydrogens is 272 g/mol. The third-order valence-corrected chi connectivity index (χ3v) is 4.54. The second-order valence-electron chi connectivity index (χ2n) is 3.96. The van der Waals surface area contributed by atoms with Gasteiger partial charge in [-0.3, -0.25) is 9.36 Å². The van der Waals surface area contributed by atoms with Crippen LogP contribution in [0.15, 0.2) is 24.3 Å². The Morgan fingerprint density at radius 1 is 1.32 bits per heavy atom. The lowest BCUT2D eigenvalue weighted by Crippen LogP contribution is -2.29. The van der Waals surface area contributed by atoms with E-state index in [1.807, 2.05) is 0 Å². The largest absolute Gasteiger partial charge is 0.349 e. The van der Waals surface area contributed by atoms with Gasteiger partial charge in [0.1, 0.15) is 5.82 Å². The van der Waals surface area contributed by atoms with Gasteiger partial charge in [-0.15, -0.1) is 0 Å². The molecule has 1 N–H and O–H groups in total. The van der Waals surface area contributed by atoms with Crippen LogP contribution >= 0.6 is 7.60 Å². The minimum Gasteiger partial charge on any atom is -0.349 e. The minimum absolute atomic E-state index is 0.0226. The lowest BCUT2D eigenvalue weighted by atomic mass is 10.1. The van der Waals surface area contributed by atoms with Crippen LogP contribution < -0.4 is 5.32 Å². The molecule has 7 heteroatoms. The molecule has 1 amide bonds. The summed E-state index contributed by atoms with van der Waals surface area (Å²) in [5.41, 5.74) is 0.630. The number of rotatable bonds is 6. The first-order valence-electron chi connectivity index (χ1n) is 5.63. The van der Waals surface area contributed by atoms with Gasteiger partial charge in [0.05, 0.1) is 12.2 Å². The number of carbonyl (C=O) groups is 1. The van der Waals surface area contributed by atoms with E-state index in [2.05, 4.69) is 5.32 Å². The van der Waals surface area contributed by atoms with Gasteiger partial charge in [-0.05, 0) is 17.7 Å². The highest BCUT2D eigenvalue weighted by Crippen LogP contribution is 2.49. The first-order chi connectivity index (χ1) is 8.90. The van der Waals surface area contributed by atoms with Crippen LogP contribution in [0.5, 0.6) is 0 Å². The Labute approximate surface area is 111 Å². The third kappa shape index (κ3) is 4.74. The number of carbonyl (C=O) groups excluding carboxylic acids is 1. The average molecular weight is 289 g/mol. The molecule has 0 spiro atoms. The quantitative estimate of drug-likeness (QED) is 0.817. The summed E-state index contributed by atoms with van der Waals surface area (Å²) in [5.74, 6) is -0.667. The van der Waals surface area contributed by atoms with E-state index < -0.39 is 13.6 Å². The number of hydrogen-bond donors (Lipinski definition) is 1. The van der Waals surface area contributed by atoms with Crippen LogP contribution in [0, 0.1) is 5.82 Å². The van der Waals surface area contributed by atoms with Crippen LogP contribution in [0.1, 0.15) is 18.5 Å². The van der Waals surface area contributed by atoms with E-state index in [1.165, 1.54) is 45.4 Å². The Bertz CT molecular complexity index is 469. The fourth-order valence-corrected chi connectivity index (χ4v) is 2.82. The van der Waals surface area contributed by atoms with Gasteiger partial charge >= 0.3 is 7.60 Å². The average Bonchev–Trinajstić information content (AvgIpc) is 2.38. The van der Waals surface area contributed by atoms with Crippen molar-refractivity contribution in [1.82, 2.24) is 5.32 Å². The summed E-state index contributed by atoms with van der Waals surface area (Å²) in [7, 11) is -0.724. The molecule has 0 bridgehead atoms. The molecule has 106 valence electrons. The number of hydrogen-bond acceptors (Lipinski definition) is 4. The fourth-order valence-electron chi connectivity index (χ4n) is 1.62. The Balaban J connectivity index is 2.98. The molecular formula is C12H17FNO4P. The Morgan fingerprint density at radius 2 is 1.84 bits per heavy atom. The zero-order valence-corrected chi connectivity index (χ0v) is 11.9. The van der Waals surface area contributed by atoms with Crippen molar-refractivity contribution in [1.29, 1.82) is 0 Å². The highest BCUT2D eigenvalue weighted by Gasteiger charge is 2.28. The molecule has 0 aromatic heterocycles. The number of amides is 1. The van der Waals surface area contributed by atoms with Crippen LogP contribution in [0.2, 0.25) is 0 Å². The summed E-state index contributed by atoms with van der Waals surface area (Å²) in [5, 5.41) is 2.65. The topological polar surface area (TPSA) is 64.6 Å². The van der Waals surface area contributed by atoms with E-state index >= 15 is 0 Å². The van der Waals surface area contributed by atoms with Gasteiger partial charge in [-0.25, -0.2) is 4.39 Å². The van der Waals surface area contributed by atoms with Gasteiger partial charge < -0.3 is 14.4 Å². The van der Waals surface area contributed by atoms with Crippen molar-refractivity contribution in [2.24, 2.45) is 0 Å². The molecule has 0 saturated carbocycles. The number of nitrogens with one attached hydrogen (secondary N) is 1. The Morgan fingerprint density at radius 3 is 2.26 bits per heavy atom. The van der Waals surface area contributed by atoms with Crippen molar-refractivity contribution < 1.29 is 22.8 Å². The van der Waals surface area contributed by atoms with Gasteiger partial charge in [0, 0.05) is 21.1 Å². The minimum atomic E-state index is -3.28. The lowest BCUT2D eigenvalue weighted by Gasteiger charge is -2.22. The monoisotopic (exact) mass is 289 g/mol. The van der Waals surface area contributed by atoms with Crippen molar-refractivity contribution in [3.05, 3.63) is 35.6 Å². The van der Waals surface area contributed by atoms with Gasteiger partial charge in [0.2, 0.25) is 5.91 Å². The van der Waals surface area contributed by atoms with Crippen LogP contribution in [-0.2, 0) is 18.4 Å². The molecule has 0 aliphatic rings. The van der Waals surface area contributed by atoms with Crippen molar-refractivity contribution >= 4 is 13.5 Å². The van der Waals surface area contributed by atoms with Crippen LogP contribution in [0.4, 0.5) is 4.39 Å². The van der Waals surface area contributed by atoms with Crippen molar-refractivity contribution in [2.75, 3.05) is 20.4 Å². The normalized spacial score (nSPS) is 13.1. The third-order valence-electron chi connectivity index (χ3n) is 2.61. The zero-order chi connectivity index (χ0) is 14.5. The molecule has 1 aromatic carbocycles. The van der Waals surface area contributed by atoms with E-state index in [0.29, 0.717) is 5.56 Å². The lowest BCUT2D eigenvalue weighted by molar-refractivity contribution is -0.119. The predicted octanol–water partition coefficient (Wildman–Crippen LogP) is 2.49. The molecule has 1 atom stereocenters. The predicted molar refractivity (Wildman–Crippen MR) is 69.4 cm³/mol. The highest BCUT2D eigenvalue weighted by molar-refractivity contribution is 7.53. The van der Waals surface area contributed by atoms with Gasteiger partial charge in [-0.2, -0.15) is 0 Å². The summed E-state index contributed by atoms with van der Waals surface area (Å²) < 4.78 is 34.7. The Kier molecular flexibility index (Phi) is 5.66. The SMILES string of the molecule is COP(=O)(C[C@H](NC(C)=O)c1ccc(F)cc1)OC. The molecule has 19 heavy (non-hydrogen) atoms. The maximum absolute atomic E-state index is 12.9. The maximum Gasteiger partial charge on any atom is 0.332 e. The van der Waals surface area contributed by atoms with Gasteiger partial charge in [0.25, 0.3) is 0 Å². The highest BCUT2D eigenvalue weighted by atomic mass is 31.2. The van der Waals surface area contributed by atoms with E-state index in [9.17, 15) is 13.8 Å². The molecule has 0 aliphatic heterocycles. The molecule has 0 radical (unpaired) electrons. The fraction of sp³-hybridized carbons (Fsp3) is 0.417. The van der Waals surface area contributed by atoms with Crippen LogP contribution in [0.25, 0.3) is 0 Å². The maximum atomic E-state index is 12.9. The standard InChI is InChI=1S/C12H17FNO4P/c1-9(15)14-12(8-19(16,17-2)18-3)10-4-6-11(13)7-5-10/h4-7,12H,8H2,1-3H3,(H,14,15)/t12-/m0/s1. The van der Waals surface area contributed by atoms with Crippen molar-refractivity contribution in [3.8, 4) is 0 Å². The van der Waals surface area contributed by atoms with Crippen LogP contribution in [0.3, 0.4) is 0 Å². The summed E-state index contributed by atoms with van der Waals surface area (Å²) in [6.07, 6.45) is -0.0226. The number of halogens is 1. The first kappa shape index (κ1) is 15.8. The van der Waals surface area contributed by atoms with Crippen LogP contribution in [-0.4, -0.2) is 26.3 Å². The Hall–Kier alpha value is -1.23. The second kappa shape index (κ2) is 6.80. The molecule has 0 fully saturated rings. The van der Waals surface area contributed by atoms with Crippen molar-refractivity contribution in [3.63, 3.8) is 0 Å². The summed E-state index contributed by atoms with van der Waals surface area (Å²) >= 11 is 0. The summed E-state index contributed by atoms with van der Waals surface area (Å²) in [4.78, 5) is 11.2. The molecule has 1 aromatic rings. The zero-order valence-electron chi connectivity index (χ0n) is 11.1. The summed E-state index contributed by atoms with van der Waals surface area (Å²) in [6.45, 7) is 1.35. The second-order valence-corrected chi connectivity index (χ2v) is 6.28. The molecule has 5 nitrogen and oxygen atoms in total. The summed E-state index contributed by atoms with van der Waals surface area (Å²) in [6, 6.07) is 5.02. The van der Waals surface area contributed by atoms with E-state index in [0.717, 1.165) is 0 Å². The van der Waals surface area contributed by atoms with Gasteiger partial charge in [0.15, 0.2) is 0 Å². The number of benzene rings is 1. The van der Waals surface area contributed by atoms with E-state index in [-0.39, 0.29) is 17.9 Å².